The Morgan fingerprint density at radius 2 is 2.17 bits per heavy atom. The van der Waals surface area contributed by atoms with Crippen LogP contribution in [0.4, 0.5) is 0 Å². The van der Waals surface area contributed by atoms with Gasteiger partial charge in [-0.05, 0) is 27.2 Å². The summed E-state index contributed by atoms with van der Waals surface area (Å²) in [4.78, 5) is 11.1. The summed E-state index contributed by atoms with van der Waals surface area (Å²) in [7, 11) is 0. The van der Waals surface area contributed by atoms with E-state index in [-0.39, 0.29) is 11.6 Å². The number of carbonyl (C=O) groups excluding carboxylic acids is 1. The molecular formula is C9H16O3. The Bertz CT molecular complexity index is 165. The van der Waals surface area contributed by atoms with Gasteiger partial charge in [-0.15, -0.1) is 0 Å². The van der Waals surface area contributed by atoms with Crippen LogP contribution in [0, 0.1) is 0 Å². The van der Waals surface area contributed by atoms with E-state index in [2.05, 4.69) is 0 Å². The Labute approximate surface area is 73.0 Å². The van der Waals surface area contributed by atoms with Gasteiger partial charge >= 0.3 is 5.97 Å². The van der Waals surface area contributed by atoms with E-state index in [0.717, 1.165) is 13.0 Å². The molecule has 0 aliphatic carbocycles. The van der Waals surface area contributed by atoms with Crippen molar-refractivity contribution in [1.29, 1.82) is 0 Å². The molecular weight excluding hydrogens is 156 g/mol. The van der Waals surface area contributed by atoms with Crippen LogP contribution < -0.4 is 0 Å². The Balaban J connectivity index is 2.10. The first-order valence-corrected chi connectivity index (χ1v) is 4.31. The van der Waals surface area contributed by atoms with Crippen LogP contribution >= 0.6 is 0 Å². The number of carbonyl (C=O) groups is 1. The van der Waals surface area contributed by atoms with E-state index in [9.17, 15) is 4.79 Å². The summed E-state index contributed by atoms with van der Waals surface area (Å²) in [6.07, 6.45) is 1.59. The zero-order valence-corrected chi connectivity index (χ0v) is 7.92. The highest BCUT2D eigenvalue weighted by molar-refractivity contribution is 5.69. The van der Waals surface area contributed by atoms with Gasteiger partial charge in [0.05, 0.1) is 12.7 Å². The monoisotopic (exact) mass is 172 g/mol. The minimum absolute atomic E-state index is 0.127. The molecule has 0 aromatic rings. The molecule has 3 nitrogen and oxygen atoms in total. The maximum atomic E-state index is 11.1. The lowest BCUT2D eigenvalue weighted by molar-refractivity contribution is -0.155. The highest BCUT2D eigenvalue weighted by atomic mass is 16.6. The Morgan fingerprint density at radius 1 is 1.58 bits per heavy atom. The smallest absolute Gasteiger partial charge is 0.306 e. The molecule has 1 aliphatic rings. The number of hydrogen-bond donors (Lipinski definition) is 0. The number of epoxide rings is 1. The highest BCUT2D eigenvalue weighted by Gasteiger charge is 2.24. The molecule has 1 rings (SSSR count). The van der Waals surface area contributed by atoms with Crippen molar-refractivity contribution < 1.29 is 14.3 Å². The van der Waals surface area contributed by atoms with Gasteiger partial charge < -0.3 is 9.47 Å². The molecule has 1 fully saturated rings. The van der Waals surface area contributed by atoms with E-state index >= 15 is 0 Å². The van der Waals surface area contributed by atoms with Crippen LogP contribution in [0.2, 0.25) is 0 Å². The average Bonchev–Trinajstić information content (AvgIpc) is 2.61. The molecule has 0 amide bonds. The molecule has 3 heteroatoms. The third-order valence-electron chi connectivity index (χ3n) is 1.49. The largest absolute Gasteiger partial charge is 0.460 e. The van der Waals surface area contributed by atoms with Crippen molar-refractivity contribution in [3.8, 4) is 0 Å². The van der Waals surface area contributed by atoms with Crippen LogP contribution in [-0.4, -0.2) is 24.3 Å². The molecule has 12 heavy (non-hydrogen) atoms. The minimum Gasteiger partial charge on any atom is -0.460 e. The lowest BCUT2D eigenvalue weighted by Crippen LogP contribution is -2.23. The van der Waals surface area contributed by atoms with Crippen LogP contribution in [0.15, 0.2) is 0 Å². The molecule has 1 atom stereocenters. The summed E-state index contributed by atoms with van der Waals surface area (Å²) < 4.78 is 10.1. The average molecular weight is 172 g/mol. The fraction of sp³-hybridized carbons (Fsp3) is 0.889. The normalized spacial score (nSPS) is 22.1. The van der Waals surface area contributed by atoms with Crippen LogP contribution in [-0.2, 0) is 14.3 Å². The third kappa shape index (κ3) is 4.34. The molecule has 0 aromatic carbocycles. The van der Waals surface area contributed by atoms with E-state index in [0.29, 0.717) is 12.5 Å². The van der Waals surface area contributed by atoms with Gasteiger partial charge in [-0.1, -0.05) is 0 Å². The number of hydrogen-bond acceptors (Lipinski definition) is 3. The first kappa shape index (κ1) is 9.52. The van der Waals surface area contributed by atoms with Crippen molar-refractivity contribution in [2.24, 2.45) is 0 Å². The topological polar surface area (TPSA) is 38.8 Å². The molecule has 0 N–H and O–H groups in total. The van der Waals surface area contributed by atoms with E-state index in [1.54, 1.807) is 0 Å². The quantitative estimate of drug-likeness (QED) is 0.478. The number of ether oxygens (including phenoxy) is 2. The standard InChI is InChI=1S/C9H16O3/c1-9(2,3)12-8(10)5-4-7-6-11-7/h7H,4-6H2,1-3H3. The lowest BCUT2D eigenvalue weighted by atomic mass is 10.2. The maximum Gasteiger partial charge on any atom is 0.306 e. The summed E-state index contributed by atoms with van der Waals surface area (Å²) in [5, 5.41) is 0. The molecule has 0 bridgehead atoms. The maximum absolute atomic E-state index is 11.1. The molecule has 0 aromatic heterocycles. The van der Waals surface area contributed by atoms with Crippen molar-refractivity contribution in [2.75, 3.05) is 6.61 Å². The SMILES string of the molecule is CC(C)(C)OC(=O)CCC1CO1. The van der Waals surface area contributed by atoms with E-state index in [4.69, 9.17) is 9.47 Å². The zero-order valence-electron chi connectivity index (χ0n) is 7.92. The van der Waals surface area contributed by atoms with Crippen LogP contribution in [0.3, 0.4) is 0 Å². The first-order chi connectivity index (χ1) is 5.47. The summed E-state index contributed by atoms with van der Waals surface area (Å²) in [6.45, 7) is 6.43. The van der Waals surface area contributed by atoms with E-state index < -0.39 is 0 Å². The Morgan fingerprint density at radius 3 is 2.58 bits per heavy atom. The van der Waals surface area contributed by atoms with Crippen LogP contribution in [0.5, 0.6) is 0 Å². The minimum atomic E-state index is -0.360. The molecule has 1 unspecified atom stereocenters. The number of rotatable bonds is 3. The first-order valence-electron chi connectivity index (χ1n) is 4.31. The predicted molar refractivity (Wildman–Crippen MR) is 44.8 cm³/mol. The van der Waals surface area contributed by atoms with Gasteiger partial charge in [0.15, 0.2) is 0 Å². The van der Waals surface area contributed by atoms with Crippen LogP contribution in [0.1, 0.15) is 33.6 Å². The molecule has 1 heterocycles. The summed E-state index contributed by atoms with van der Waals surface area (Å²) >= 11 is 0. The highest BCUT2D eigenvalue weighted by Crippen LogP contribution is 2.17. The number of esters is 1. The Hall–Kier alpha value is -0.570. The van der Waals surface area contributed by atoms with Gasteiger partial charge in [0.1, 0.15) is 5.60 Å². The van der Waals surface area contributed by atoms with Crippen molar-refractivity contribution >= 4 is 5.97 Å². The van der Waals surface area contributed by atoms with E-state index in [1.165, 1.54) is 0 Å². The van der Waals surface area contributed by atoms with Gasteiger partial charge in [-0.2, -0.15) is 0 Å². The van der Waals surface area contributed by atoms with Gasteiger partial charge in [-0.25, -0.2) is 0 Å². The molecule has 1 aliphatic heterocycles. The van der Waals surface area contributed by atoms with Gasteiger partial charge in [0, 0.05) is 6.42 Å². The molecule has 70 valence electrons. The van der Waals surface area contributed by atoms with Crippen molar-refractivity contribution in [3.63, 3.8) is 0 Å². The van der Waals surface area contributed by atoms with Gasteiger partial charge in [-0.3, -0.25) is 4.79 Å². The Kier molecular flexibility index (Phi) is 2.73. The molecule has 0 saturated carbocycles. The van der Waals surface area contributed by atoms with E-state index in [1.807, 2.05) is 20.8 Å². The van der Waals surface area contributed by atoms with Crippen LogP contribution in [0.25, 0.3) is 0 Å². The second-order valence-electron chi connectivity index (χ2n) is 4.08. The second kappa shape index (κ2) is 3.44. The van der Waals surface area contributed by atoms with Gasteiger partial charge in [0.2, 0.25) is 0 Å². The van der Waals surface area contributed by atoms with Crippen molar-refractivity contribution in [3.05, 3.63) is 0 Å². The fourth-order valence-corrected chi connectivity index (χ4v) is 0.906. The zero-order chi connectivity index (χ0) is 9.19. The summed E-state index contributed by atoms with van der Waals surface area (Å²) in [5.41, 5.74) is -0.360. The van der Waals surface area contributed by atoms with Crippen molar-refractivity contribution in [2.45, 2.75) is 45.3 Å². The molecule has 0 spiro atoms. The lowest BCUT2D eigenvalue weighted by Gasteiger charge is -2.19. The fourth-order valence-electron chi connectivity index (χ4n) is 0.906. The van der Waals surface area contributed by atoms with Crippen molar-refractivity contribution in [1.82, 2.24) is 0 Å². The second-order valence-corrected chi connectivity index (χ2v) is 4.08. The summed E-state index contributed by atoms with van der Waals surface area (Å²) in [6, 6.07) is 0. The van der Waals surface area contributed by atoms with Gasteiger partial charge in [0.25, 0.3) is 0 Å². The molecule has 1 saturated heterocycles. The predicted octanol–water partition coefficient (Wildman–Crippen LogP) is 1.51. The molecule has 0 radical (unpaired) electrons. The summed E-state index contributed by atoms with van der Waals surface area (Å²) in [5.74, 6) is -0.127. The third-order valence-corrected chi connectivity index (χ3v) is 1.49.